The molecule has 0 radical (unpaired) electrons. The van der Waals surface area contributed by atoms with Crippen molar-refractivity contribution in [1.82, 2.24) is 0 Å². The highest BCUT2D eigenvalue weighted by molar-refractivity contribution is 6.03. The first-order valence-electron chi connectivity index (χ1n) is 35.8. The summed E-state index contributed by atoms with van der Waals surface area (Å²) in [7, 11) is 30.6. The van der Waals surface area contributed by atoms with E-state index in [0.29, 0.717) is 0 Å². The fraction of sp³-hybridized carbons (Fsp3) is 0.887. The van der Waals surface area contributed by atoms with Gasteiger partial charge in [0, 0.05) is 142 Å². The minimum atomic E-state index is -1.46. The minimum absolute atomic E-state index is 0.0632. The number of esters is 2. The van der Waals surface area contributed by atoms with Gasteiger partial charge in [0.15, 0.2) is 44.0 Å². The number of carbonyl (C=O) groups excluding carboxylic acids is 2. The van der Waals surface area contributed by atoms with Gasteiger partial charge in [0.05, 0.1) is 57.9 Å². The molecule has 628 valence electrons. The van der Waals surface area contributed by atoms with E-state index in [1.54, 1.807) is 12.1 Å². The van der Waals surface area contributed by atoms with Crippen molar-refractivity contribution < 1.29 is 180 Å². The lowest BCUT2D eigenvalue weighted by Gasteiger charge is -2.52. The second-order valence-corrected chi connectivity index (χ2v) is 26.7. The summed E-state index contributed by atoms with van der Waals surface area (Å²) < 4.78 is 232. The molecule has 0 spiro atoms. The Morgan fingerprint density at radius 2 is 0.394 bits per heavy atom. The summed E-state index contributed by atoms with van der Waals surface area (Å²) in [5.41, 5.74) is -0.173. The topological polar surface area (TPSA) is 366 Å². The lowest BCUT2D eigenvalue weighted by molar-refractivity contribution is -0.402. The van der Waals surface area contributed by atoms with Crippen molar-refractivity contribution in [3.05, 3.63) is 35.4 Å². The predicted octanol–water partition coefficient (Wildman–Crippen LogP) is -0.497. The van der Waals surface area contributed by atoms with Crippen LogP contribution in [-0.2, 0) is 171 Å². The summed E-state index contributed by atoms with van der Waals surface area (Å²) >= 11 is 0. The molecule has 22 rings (SSSR count). The van der Waals surface area contributed by atoms with Crippen LogP contribution in [0.3, 0.4) is 0 Å². The fourth-order valence-electron chi connectivity index (χ4n) is 15.9. The molecule has 0 unspecified atom stereocenters. The van der Waals surface area contributed by atoms with Gasteiger partial charge in [-0.3, -0.25) is 0 Å². The van der Waals surface area contributed by atoms with Gasteiger partial charge in [-0.2, -0.15) is 0 Å². The van der Waals surface area contributed by atoms with Gasteiger partial charge in [0.1, 0.15) is 178 Å². The maximum Gasteiger partial charge on any atom is 0.339 e. The maximum atomic E-state index is 14.4. The quantitative estimate of drug-likeness (QED) is 0.0877. The van der Waals surface area contributed by atoms with E-state index in [4.69, 9.17) is 171 Å². The molecule has 21 aliphatic heterocycles. The van der Waals surface area contributed by atoms with Crippen LogP contribution < -0.4 is 0 Å². The van der Waals surface area contributed by atoms with E-state index >= 15 is 0 Å². The van der Waals surface area contributed by atoms with Crippen LogP contribution in [0.25, 0.3) is 0 Å². The molecule has 14 bridgehead atoms. The van der Waals surface area contributed by atoms with E-state index in [0.717, 1.165) is 0 Å². The number of carbonyl (C=O) groups is 2. The lowest BCUT2D eigenvalue weighted by atomic mass is 9.94. The molecule has 21 fully saturated rings. The fourth-order valence-corrected chi connectivity index (χ4v) is 15.9. The third-order valence-electron chi connectivity index (χ3n) is 20.9. The van der Waals surface area contributed by atoms with Gasteiger partial charge >= 0.3 is 11.9 Å². The zero-order valence-corrected chi connectivity index (χ0v) is 66.0. The zero-order chi connectivity index (χ0) is 78.8. The van der Waals surface area contributed by atoms with Crippen LogP contribution in [-0.4, -0.2) is 422 Å². The van der Waals surface area contributed by atoms with Gasteiger partial charge < -0.3 is 171 Å². The van der Waals surface area contributed by atoms with Gasteiger partial charge in [0.2, 0.25) is 0 Å². The Morgan fingerprint density at radius 1 is 0.229 bits per heavy atom. The van der Waals surface area contributed by atoms with E-state index in [9.17, 15) is 9.59 Å². The first kappa shape index (κ1) is 89.7. The second-order valence-electron chi connectivity index (χ2n) is 26.7. The van der Waals surface area contributed by atoms with Crippen LogP contribution in [0.4, 0.5) is 0 Å². The largest absolute Gasteiger partial charge is 0.465 e. The van der Waals surface area contributed by atoms with Gasteiger partial charge in [0.25, 0.3) is 0 Å². The van der Waals surface area contributed by atoms with E-state index in [1.165, 1.54) is 161 Å². The number of rotatable bonds is 30. The molecule has 21 heterocycles. The Kier molecular flexibility index (Phi) is 35.9. The van der Waals surface area contributed by atoms with Crippen LogP contribution in [0.1, 0.15) is 20.7 Å². The summed E-state index contributed by atoms with van der Waals surface area (Å²) in [4.78, 5) is 27.5. The molecule has 1 aromatic carbocycles. The van der Waals surface area contributed by atoms with Crippen LogP contribution in [0.15, 0.2) is 24.3 Å². The van der Waals surface area contributed by atoms with Gasteiger partial charge in [-0.05, 0) is 12.1 Å². The van der Waals surface area contributed by atoms with Gasteiger partial charge in [-0.25, -0.2) is 9.59 Å². The molecule has 21 aliphatic rings. The van der Waals surface area contributed by atoms with Gasteiger partial charge in [-0.15, -0.1) is 0 Å². The molecule has 38 nitrogen and oxygen atoms in total. The Hall–Kier alpha value is -3.20. The predicted molar refractivity (Wildman–Crippen MR) is 365 cm³/mol. The number of methoxy groups -OCH3 is 21. The zero-order valence-electron chi connectivity index (χ0n) is 66.0. The van der Waals surface area contributed by atoms with Crippen molar-refractivity contribution in [2.75, 3.05) is 196 Å². The summed E-state index contributed by atoms with van der Waals surface area (Å²) in [5, 5.41) is 0. The molecule has 0 saturated carbocycles. The molecular formula is C71H116O38. The van der Waals surface area contributed by atoms with Crippen molar-refractivity contribution in [2.45, 2.75) is 215 Å². The number of hydrogen-bond donors (Lipinski definition) is 0. The lowest BCUT2D eigenvalue weighted by Crippen LogP contribution is -2.69. The Labute approximate surface area is 636 Å². The molecule has 35 atom stereocenters. The van der Waals surface area contributed by atoms with E-state index in [1.807, 2.05) is 0 Å². The molecule has 0 N–H and O–H groups in total. The third-order valence-corrected chi connectivity index (χ3v) is 20.9. The van der Waals surface area contributed by atoms with E-state index in [2.05, 4.69) is 0 Å². The third kappa shape index (κ3) is 19.8. The van der Waals surface area contributed by atoms with E-state index < -0.39 is 233 Å². The Balaban J connectivity index is 1.16. The molecule has 21 saturated heterocycles. The van der Waals surface area contributed by atoms with Crippen LogP contribution in [0.5, 0.6) is 0 Å². The van der Waals surface area contributed by atoms with Crippen LogP contribution in [0, 0.1) is 0 Å². The maximum absolute atomic E-state index is 14.4. The minimum Gasteiger partial charge on any atom is -0.465 e. The first-order valence-corrected chi connectivity index (χ1v) is 35.8. The average Bonchev–Trinajstić information content (AvgIpc) is 0.784. The van der Waals surface area contributed by atoms with Crippen molar-refractivity contribution in [1.29, 1.82) is 0 Å². The SMILES string of the molecule is COC[C@H]1O[C@@H]2O[C@H]3[C@H](OC)[C@@H](OC)[C@@H](O[C@H]4[C@H](OC)[C@@H](OC)[C@@H](O[C@H]5[C@H](OC)[C@@H](OC)[C@@H](O[C@H]6[C@H](OC)[C@@H](OC)[C@@H](O[C@H]7[C@H](OC)[C@@H](OC)[C@@H](O[C@H]8[C@H](OC)[C@@H](OC)[C@@H](O[C@H]1[C@H](OC)[C@H]2OC)O[C@@H]8COC)O[C@@H]7COC)O[C@@H]6COC)O[C@@H]5COC(=O)c1ccccc1C(=O)OC)O[C@@H]4COC)O[C@@H]3COC. The summed E-state index contributed by atoms with van der Waals surface area (Å²) in [6.07, 6.45) is -39.7. The standard InChI is InChI=1S/C71H116O38/c1-74-26-35-42-49(80-7)57(88-15)66(97-35)105-44-37(28-76-3)99-68(59(90-17)51(44)82-9)107-46-39(30-78-5)101-70(61(92-19)53(46)84-11)109-48-41(32-95-64(73)34-25-23-22-24-33(34)63(72)94-21)102-71(62(93-20)55(48)86-13)108-47-40(31-79-6)100-69(60(91-18)54(47)85-12)106-45-38(29-77-4)98-67(58(89-16)52(45)83-10)104-43-36(27-75-2)96-65(103-42)56(87-14)50(43)81-8/h22-25,35-62,65-71H,26-32H2,1-21H3/t35-,36-,37-,38-,39-,40-,41-,42-,43-,44-,45-,46-,47-,48-,49+,50+,51+,52+,53+,54+,55+,56-,57-,58-,59-,60-,61-,62-,65-,66-,67-,68-,69-,70-,71-/m1/s1. The molecule has 0 amide bonds. The molecule has 0 aliphatic carbocycles. The van der Waals surface area contributed by atoms with Gasteiger partial charge in [-0.1, -0.05) is 12.1 Å². The second kappa shape index (κ2) is 43.7. The number of ether oxygens (including phenoxy) is 36. The van der Waals surface area contributed by atoms with Crippen LogP contribution in [0.2, 0.25) is 0 Å². The van der Waals surface area contributed by atoms with Crippen molar-refractivity contribution >= 4 is 11.9 Å². The molecule has 1 aromatic rings. The highest BCUT2D eigenvalue weighted by atomic mass is 16.8. The summed E-state index contributed by atoms with van der Waals surface area (Å²) in [5.74, 6) is -1.71. The highest BCUT2D eigenvalue weighted by Gasteiger charge is 2.62. The van der Waals surface area contributed by atoms with Crippen molar-refractivity contribution in [2.24, 2.45) is 0 Å². The van der Waals surface area contributed by atoms with Crippen molar-refractivity contribution in [3.63, 3.8) is 0 Å². The Bertz CT molecular complexity index is 2790. The summed E-state index contributed by atoms with van der Waals surface area (Å²) in [6.45, 7) is -1.17. The Morgan fingerprint density at radius 3 is 0.550 bits per heavy atom. The molecule has 38 heteroatoms. The van der Waals surface area contributed by atoms with Crippen molar-refractivity contribution in [3.8, 4) is 0 Å². The average molecular weight is 1580 g/mol. The van der Waals surface area contributed by atoms with E-state index in [-0.39, 0.29) is 50.8 Å². The molecular weight excluding hydrogens is 1460 g/mol. The number of hydrogen-bond acceptors (Lipinski definition) is 38. The molecule has 0 aromatic heterocycles. The number of benzene rings is 1. The first-order chi connectivity index (χ1) is 53.0. The smallest absolute Gasteiger partial charge is 0.339 e. The molecule has 109 heavy (non-hydrogen) atoms. The highest BCUT2D eigenvalue weighted by Crippen LogP contribution is 2.43. The van der Waals surface area contributed by atoms with Crippen LogP contribution >= 0.6 is 0 Å². The normalized spacial score (nSPS) is 42.4. The summed E-state index contributed by atoms with van der Waals surface area (Å²) in [6, 6.07) is 5.99. The monoisotopic (exact) mass is 1580 g/mol.